The molecule has 6 heteroatoms. The summed E-state index contributed by atoms with van der Waals surface area (Å²) in [4.78, 5) is 13.8. The maximum absolute atomic E-state index is 4.69. The molecule has 0 aromatic carbocycles. The number of rotatable bonds is 5. The first-order valence-electron chi connectivity index (χ1n) is 6.72. The van der Waals surface area contributed by atoms with Crippen LogP contribution in [0.2, 0.25) is 0 Å². The minimum atomic E-state index is 0.349. The Morgan fingerprint density at radius 1 is 1.30 bits per heavy atom. The molecule has 2 rings (SSSR count). The second-order valence-electron chi connectivity index (χ2n) is 4.93. The number of nitrogens with zero attached hydrogens (tertiary/aromatic N) is 3. The topological polar surface area (TPSA) is 50.7 Å². The zero-order valence-corrected chi connectivity index (χ0v) is 14.6. The second kappa shape index (κ2) is 6.63. The summed E-state index contributed by atoms with van der Waals surface area (Å²) in [5, 5.41) is 6.40. The normalized spacial score (nSPS) is 11.1. The Balaban J connectivity index is 2.37. The highest BCUT2D eigenvalue weighted by molar-refractivity contribution is 9.10. The molecule has 20 heavy (non-hydrogen) atoms. The molecule has 0 amide bonds. The number of thiazole rings is 1. The molecule has 108 valence electrons. The van der Waals surface area contributed by atoms with Crippen LogP contribution in [0.3, 0.4) is 0 Å². The highest BCUT2D eigenvalue weighted by Gasteiger charge is 2.15. The number of aryl methyl sites for hydroxylation is 1. The summed E-state index contributed by atoms with van der Waals surface area (Å²) in [5.41, 5.74) is 2.09. The lowest BCUT2D eigenvalue weighted by Crippen LogP contribution is -2.09. The molecule has 0 bridgehead atoms. The first-order chi connectivity index (χ1) is 9.51. The van der Waals surface area contributed by atoms with Crippen molar-refractivity contribution in [2.24, 2.45) is 0 Å². The number of hydrogen-bond acceptors (Lipinski definition) is 5. The van der Waals surface area contributed by atoms with Gasteiger partial charge >= 0.3 is 0 Å². The zero-order chi connectivity index (χ0) is 14.7. The molecule has 1 N–H and O–H groups in total. The number of nitrogens with one attached hydrogen (secondary N) is 1. The van der Waals surface area contributed by atoms with Crippen molar-refractivity contribution < 1.29 is 0 Å². The molecule has 4 nitrogen and oxygen atoms in total. The smallest absolute Gasteiger partial charge is 0.144 e. The van der Waals surface area contributed by atoms with Crippen LogP contribution in [0, 0.1) is 6.92 Å². The van der Waals surface area contributed by atoms with Gasteiger partial charge < -0.3 is 5.32 Å². The SMILES string of the molecule is CCNc1nc(Cc2nc(C)cs2)nc(C(C)C)c1Br. The molecule has 0 atom stereocenters. The predicted molar refractivity (Wildman–Crippen MR) is 87.6 cm³/mol. The van der Waals surface area contributed by atoms with E-state index in [0.29, 0.717) is 12.3 Å². The molecule has 0 fully saturated rings. The van der Waals surface area contributed by atoms with Crippen molar-refractivity contribution in [2.45, 2.75) is 40.0 Å². The van der Waals surface area contributed by atoms with Crippen molar-refractivity contribution in [1.29, 1.82) is 0 Å². The van der Waals surface area contributed by atoms with Crippen molar-refractivity contribution in [3.8, 4) is 0 Å². The maximum atomic E-state index is 4.69. The van der Waals surface area contributed by atoms with Gasteiger partial charge in [-0.15, -0.1) is 11.3 Å². The number of hydrogen-bond donors (Lipinski definition) is 1. The molecule has 0 unspecified atom stereocenters. The number of anilines is 1. The fourth-order valence-corrected chi connectivity index (χ4v) is 3.42. The van der Waals surface area contributed by atoms with Crippen molar-refractivity contribution in [1.82, 2.24) is 15.0 Å². The summed E-state index contributed by atoms with van der Waals surface area (Å²) in [6.45, 7) is 9.18. The summed E-state index contributed by atoms with van der Waals surface area (Å²) < 4.78 is 0.966. The van der Waals surface area contributed by atoms with E-state index >= 15 is 0 Å². The van der Waals surface area contributed by atoms with Gasteiger partial charge in [0.2, 0.25) is 0 Å². The van der Waals surface area contributed by atoms with Gasteiger partial charge in [-0.25, -0.2) is 15.0 Å². The molecule has 0 aliphatic heterocycles. The molecular weight excluding hydrogens is 336 g/mol. The van der Waals surface area contributed by atoms with Crippen molar-refractivity contribution in [3.05, 3.63) is 32.1 Å². The van der Waals surface area contributed by atoms with Crippen molar-refractivity contribution in [3.63, 3.8) is 0 Å². The second-order valence-corrected chi connectivity index (χ2v) is 6.67. The number of halogens is 1. The van der Waals surface area contributed by atoms with E-state index in [0.717, 1.165) is 39.1 Å². The van der Waals surface area contributed by atoms with E-state index in [1.54, 1.807) is 11.3 Å². The van der Waals surface area contributed by atoms with Gasteiger partial charge in [0.15, 0.2) is 0 Å². The average Bonchev–Trinajstić information content (AvgIpc) is 2.78. The van der Waals surface area contributed by atoms with E-state index in [9.17, 15) is 0 Å². The highest BCUT2D eigenvalue weighted by Crippen LogP contribution is 2.29. The third-order valence-corrected chi connectivity index (χ3v) is 4.54. The monoisotopic (exact) mass is 354 g/mol. The van der Waals surface area contributed by atoms with Crippen LogP contribution in [-0.2, 0) is 6.42 Å². The van der Waals surface area contributed by atoms with Crippen LogP contribution in [0.15, 0.2) is 9.85 Å². The van der Waals surface area contributed by atoms with Gasteiger partial charge in [-0.1, -0.05) is 13.8 Å². The fraction of sp³-hybridized carbons (Fsp3) is 0.500. The van der Waals surface area contributed by atoms with Gasteiger partial charge in [-0.3, -0.25) is 0 Å². The van der Waals surface area contributed by atoms with Crippen LogP contribution in [0.5, 0.6) is 0 Å². The van der Waals surface area contributed by atoms with E-state index in [1.165, 1.54) is 0 Å². The van der Waals surface area contributed by atoms with Crippen LogP contribution >= 0.6 is 27.3 Å². The Hall–Kier alpha value is -1.01. The van der Waals surface area contributed by atoms with Crippen LogP contribution in [0.1, 0.15) is 48.9 Å². The standard InChI is InChI=1S/C14H19BrN4S/c1-5-16-14-12(15)13(8(2)3)18-10(19-14)6-11-17-9(4)7-20-11/h7-8H,5-6H2,1-4H3,(H,16,18,19). The lowest BCUT2D eigenvalue weighted by atomic mass is 10.1. The van der Waals surface area contributed by atoms with Crippen LogP contribution in [-0.4, -0.2) is 21.5 Å². The molecule has 0 saturated heterocycles. The van der Waals surface area contributed by atoms with Crippen molar-refractivity contribution in [2.75, 3.05) is 11.9 Å². The van der Waals surface area contributed by atoms with Gasteiger partial charge in [0.25, 0.3) is 0 Å². The van der Waals surface area contributed by atoms with E-state index < -0.39 is 0 Å². The summed E-state index contributed by atoms with van der Waals surface area (Å²) in [7, 11) is 0. The third-order valence-electron chi connectivity index (χ3n) is 2.79. The Bertz CT molecular complexity index is 595. The van der Waals surface area contributed by atoms with E-state index in [-0.39, 0.29) is 0 Å². The molecule has 0 spiro atoms. The molecule has 0 radical (unpaired) electrons. The minimum Gasteiger partial charge on any atom is -0.369 e. The highest BCUT2D eigenvalue weighted by atomic mass is 79.9. The summed E-state index contributed by atoms with van der Waals surface area (Å²) in [6.07, 6.45) is 0.684. The maximum Gasteiger partial charge on any atom is 0.144 e. The zero-order valence-electron chi connectivity index (χ0n) is 12.2. The summed E-state index contributed by atoms with van der Waals surface area (Å²) in [5.74, 6) is 2.04. The molecule has 2 aromatic rings. The number of aromatic nitrogens is 3. The molecule has 2 heterocycles. The fourth-order valence-electron chi connectivity index (χ4n) is 1.88. The van der Waals surface area contributed by atoms with E-state index in [1.807, 2.05) is 6.92 Å². The average molecular weight is 355 g/mol. The van der Waals surface area contributed by atoms with Crippen molar-refractivity contribution >= 4 is 33.1 Å². The summed E-state index contributed by atoms with van der Waals surface area (Å²) >= 11 is 5.26. The van der Waals surface area contributed by atoms with Gasteiger partial charge in [0.1, 0.15) is 16.6 Å². The minimum absolute atomic E-state index is 0.349. The Morgan fingerprint density at radius 3 is 2.60 bits per heavy atom. The van der Waals surface area contributed by atoms with Gasteiger partial charge in [-0.2, -0.15) is 0 Å². The van der Waals surface area contributed by atoms with Gasteiger partial charge in [-0.05, 0) is 35.7 Å². The lowest BCUT2D eigenvalue weighted by Gasteiger charge is -2.13. The largest absolute Gasteiger partial charge is 0.369 e. The predicted octanol–water partition coefficient (Wildman–Crippen LogP) is 4.15. The lowest BCUT2D eigenvalue weighted by molar-refractivity contribution is 0.783. The molecule has 0 saturated carbocycles. The first-order valence-corrected chi connectivity index (χ1v) is 8.39. The van der Waals surface area contributed by atoms with Crippen LogP contribution in [0.4, 0.5) is 5.82 Å². The Labute approximate surface area is 132 Å². The van der Waals surface area contributed by atoms with E-state index in [2.05, 4.69) is 62.3 Å². The molecular formula is C14H19BrN4S. The summed E-state index contributed by atoms with van der Waals surface area (Å²) in [6, 6.07) is 0. The Morgan fingerprint density at radius 2 is 2.05 bits per heavy atom. The van der Waals surface area contributed by atoms with Crippen LogP contribution in [0.25, 0.3) is 0 Å². The van der Waals surface area contributed by atoms with Gasteiger partial charge in [0.05, 0.1) is 16.6 Å². The molecule has 0 aliphatic carbocycles. The third kappa shape index (κ3) is 3.55. The molecule has 0 aliphatic rings. The quantitative estimate of drug-likeness (QED) is 0.875. The Kier molecular flexibility index (Phi) is 5.10. The van der Waals surface area contributed by atoms with Gasteiger partial charge in [0, 0.05) is 17.6 Å². The molecule has 2 aromatic heterocycles. The van der Waals surface area contributed by atoms with Crippen LogP contribution < -0.4 is 5.32 Å². The van der Waals surface area contributed by atoms with E-state index in [4.69, 9.17) is 0 Å². The first kappa shape index (κ1) is 15.4.